The van der Waals surface area contributed by atoms with Crippen LogP contribution >= 0.6 is 0 Å². The van der Waals surface area contributed by atoms with Gasteiger partial charge in [0.05, 0.1) is 0 Å². The highest BCUT2D eigenvalue weighted by Crippen LogP contribution is 2.36. The van der Waals surface area contributed by atoms with Crippen LogP contribution in [-0.2, 0) is 9.53 Å². The zero-order valence-electron chi connectivity index (χ0n) is 15.8. The highest BCUT2D eigenvalue weighted by molar-refractivity contribution is 5.92. The van der Waals surface area contributed by atoms with E-state index in [1.54, 1.807) is 11.1 Å². The lowest BCUT2D eigenvalue weighted by Crippen LogP contribution is -2.44. The lowest BCUT2D eigenvalue weighted by molar-refractivity contribution is -0.116. The molecule has 1 amide bonds. The van der Waals surface area contributed by atoms with E-state index in [0.29, 0.717) is 30.1 Å². The molecule has 24 heavy (non-hydrogen) atoms. The number of amides is 1. The summed E-state index contributed by atoms with van der Waals surface area (Å²) in [5.41, 5.74) is 0. The van der Waals surface area contributed by atoms with Crippen LogP contribution in [-0.4, -0.2) is 28.9 Å². The quantitative estimate of drug-likeness (QED) is 0.742. The SMILES string of the molecule is CC(C)C[C@@H]1CC(=O)C=CN1C(=O)O[C@@H]1C[C@H](C)CC[C@H]1C(C)C. The summed E-state index contributed by atoms with van der Waals surface area (Å²) in [5, 5.41) is 0. The maximum absolute atomic E-state index is 12.8. The van der Waals surface area contributed by atoms with Crippen molar-refractivity contribution in [3.05, 3.63) is 12.3 Å². The van der Waals surface area contributed by atoms with E-state index in [1.165, 1.54) is 12.5 Å². The molecule has 4 nitrogen and oxygen atoms in total. The van der Waals surface area contributed by atoms with Crippen LogP contribution in [0.5, 0.6) is 0 Å². The summed E-state index contributed by atoms with van der Waals surface area (Å²) >= 11 is 0. The fraction of sp³-hybridized carbons (Fsp3) is 0.800. The zero-order valence-corrected chi connectivity index (χ0v) is 15.8. The van der Waals surface area contributed by atoms with Gasteiger partial charge in [-0.25, -0.2) is 4.79 Å². The second-order valence-corrected chi connectivity index (χ2v) is 8.43. The van der Waals surface area contributed by atoms with Gasteiger partial charge in [0.15, 0.2) is 5.78 Å². The molecule has 2 aliphatic rings. The Labute approximate surface area is 146 Å². The fourth-order valence-electron chi connectivity index (χ4n) is 4.08. The fourth-order valence-corrected chi connectivity index (χ4v) is 4.08. The molecule has 1 fully saturated rings. The Morgan fingerprint density at radius 3 is 2.62 bits per heavy atom. The number of carbonyl (C=O) groups excluding carboxylic acids is 2. The number of allylic oxidation sites excluding steroid dienone is 1. The summed E-state index contributed by atoms with van der Waals surface area (Å²) in [6, 6.07) is -0.0754. The summed E-state index contributed by atoms with van der Waals surface area (Å²) in [5.74, 6) is 2.07. The molecule has 0 saturated heterocycles. The molecule has 0 radical (unpaired) electrons. The molecule has 0 aromatic heterocycles. The average Bonchev–Trinajstić information content (AvgIpc) is 2.46. The second-order valence-electron chi connectivity index (χ2n) is 8.43. The normalized spacial score (nSPS) is 31.0. The van der Waals surface area contributed by atoms with Crippen molar-refractivity contribution in [1.82, 2.24) is 4.90 Å². The highest BCUT2D eigenvalue weighted by atomic mass is 16.6. The third-order valence-corrected chi connectivity index (χ3v) is 5.42. The third kappa shape index (κ3) is 4.84. The predicted molar refractivity (Wildman–Crippen MR) is 95.5 cm³/mol. The van der Waals surface area contributed by atoms with Crippen molar-refractivity contribution in [3.8, 4) is 0 Å². The molecular formula is C20H33NO3. The molecule has 0 N–H and O–H groups in total. The number of rotatable bonds is 4. The van der Waals surface area contributed by atoms with Crippen LogP contribution in [0.3, 0.4) is 0 Å². The Hall–Kier alpha value is -1.32. The van der Waals surface area contributed by atoms with Gasteiger partial charge < -0.3 is 4.74 Å². The van der Waals surface area contributed by atoms with E-state index in [1.807, 2.05) is 0 Å². The number of ketones is 1. The Balaban J connectivity index is 2.07. The number of hydrogen-bond acceptors (Lipinski definition) is 3. The molecule has 0 aromatic carbocycles. The smallest absolute Gasteiger partial charge is 0.414 e. The topological polar surface area (TPSA) is 46.6 Å². The molecule has 0 unspecified atom stereocenters. The van der Waals surface area contributed by atoms with Crippen molar-refractivity contribution >= 4 is 11.9 Å². The van der Waals surface area contributed by atoms with E-state index in [0.717, 1.165) is 19.3 Å². The molecular weight excluding hydrogens is 302 g/mol. The van der Waals surface area contributed by atoms with Crippen LogP contribution in [0.15, 0.2) is 12.3 Å². The lowest BCUT2D eigenvalue weighted by atomic mass is 9.75. The van der Waals surface area contributed by atoms with Crippen LogP contribution in [0, 0.1) is 23.7 Å². The van der Waals surface area contributed by atoms with Crippen LogP contribution in [0.25, 0.3) is 0 Å². The number of nitrogens with zero attached hydrogens (tertiary/aromatic N) is 1. The Bertz CT molecular complexity index is 483. The van der Waals surface area contributed by atoms with Gasteiger partial charge in [-0.3, -0.25) is 9.69 Å². The van der Waals surface area contributed by atoms with Crippen LogP contribution in [0.1, 0.15) is 66.7 Å². The Morgan fingerprint density at radius 1 is 1.29 bits per heavy atom. The molecule has 0 spiro atoms. The molecule has 1 aliphatic carbocycles. The standard InChI is InChI=1S/C20H33NO3/c1-13(2)10-16-12-17(22)8-9-21(16)20(23)24-19-11-15(5)6-7-18(19)14(3)4/h8-9,13-16,18-19H,6-7,10-12H2,1-5H3/t15-,16-,18+,19-/m1/s1. The maximum atomic E-state index is 12.8. The van der Waals surface area contributed by atoms with E-state index in [9.17, 15) is 9.59 Å². The Morgan fingerprint density at radius 2 is 2.00 bits per heavy atom. The first-order chi connectivity index (χ1) is 11.3. The number of carbonyl (C=O) groups is 2. The average molecular weight is 335 g/mol. The number of ether oxygens (including phenoxy) is 1. The minimum atomic E-state index is -0.283. The lowest BCUT2D eigenvalue weighted by Gasteiger charge is -2.39. The van der Waals surface area contributed by atoms with Gasteiger partial charge in [0.25, 0.3) is 0 Å². The van der Waals surface area contributed by atoms with E-state index >= 15 is 0 Å². The van der Waals surface area contributed by atoms with Gasteiger partial charge in [0, 0.05) is 18.7 Å². The van der Waals surface area contributed by atoms with Crippen LogP contribution in [0.4, 0.5) is 4.79 Å². The van der Waals surface area contributed by atoms with E-state index < -0.39 is 0 Å². The van der Waals surface area contributed by atoms with Gasteiger partial charge in [-0.1, -0.05) is 41.0 Å². The van der Waals surface area contributed by atoms with Gasteiger partial charge in [0.2, 0.25) is 0 Å². The molecule has 4 atom stereocenters. The summed E-state index contributed by atoms with van der Waals surface area (Å²) in [7, 11) is 0. The van der Waals surface area contributed by atoms with Crippen molar-refractivity contribution in [3.63, 3.8) is 0 Å². The summed E-state index contributed by atoms with van der Waals surface area (Å²) in [6.07, 6.45) is 7.34. The molecule has 0 bridgehead atoms. The molecule has 1 heterocycles. The van der Waals surface area contributed by atoms with Gasteiger partial charge in [-0.15, -0.1) is 0 Å². The van der Waals surface area contributed by atoms with Crippen molar-refractivity contribution < 1.29 is 14.3 Å². The molecule has 136 valence electrons. The molecule has 2 rings (SSSR count). The molecule has 1 saturated carbocycles. The summed E-state index contributed by atoms with van der Waals surface area (Å²) < 4.78 is 5.95. The van der Waals surface area contributed by atoms with Gasteiger partial charge >= 0.3 is 6.09 Å². The van der Waals surface area contributed by atoms with E-state index in [4.69, 9.17) is 4.74 Å². The van der Waals surface area contributed by atoms with Crippen molar-refractivity contribution in [2.24, 2.45) is 23.7 Å². The van der Waals surface area contributed by atoms with Gasteiger partial charge in [-0.05, 0) is 49.0 Å². The van der Waals surface area contributed by atoms with Gasteiger partial charge in [0.1, 0.15) is 6.10 Å². The first kappa shape index (κ1) is 19.0. The summed E-state index contributed by atoms with van der Waals surface area (Å²) in [4.78, 5) is 26.2. The number of hydrogen-bond donors (Lipinski definition) is 0. The molecule has 0 aromatic rings. The van der Waals surface area contributed by atoms with E-state index in [2.05, 4.69) is 34.6 Å². The highest BCUT2D eigenvalue weighted by Gasteiger charge is 2.36. The van der Waals surface area contributed by atoms with Crippen molar-refractivity contribution in [2.45, 2.75) is 78.9 Å². The molecule has 1 aliphatic heterocycles. The minimum Gasteiger partial charge on any atom is -0.446 e. The van der Waals surface area contributed by atoms with Crippen molar-refractivity contribution in [1.29, 1.82) is 0 Å². The molecule has 4 heteroatoms. The largest absolute Gasteiger partial charge is 0.446 e. The third-order valence-electron chi connectivity index (χ3n) is 5.42. The zero-order chi connectivity index (χ0) is 17.9. The van der Waals surface area contributed by atoms with E-state index in [-0.39, 0.29) is 24.0 Å². The van der Waals surface area contributed by atoms with Crippen LogP contribution in [0.2, 0.25) is 0 Å². The monoisotopic (exact) mass is 335 g/mol. The first-order valence-corrected chi connectivity index (χ1v) is 9.47. The maximum Gasteiger partial charge on any atom is 0.414 e. The minimum absolute atomic E-state index is 0.00743. The van der Waals surface area contributed by atoms with Crippen LogP contribution < -0.4 is 0 Å². The first-order valence-electron chi connectivity index (χ1n) is 9.47. The van der Waals surface area contributed by atoms with Crippen molar-refractivity contribution in [2.75, 3.05) is 0 Å². The summed E-state index contributed by atoms with van der Waals surface area (Å²) in [6.45, 7) is 10.9. The second kappa shape index (κ2) is 8.17. The predicted octanol–water partition coefficient (Wildman–Crippen LogP) is 4.79. The Kier molecular flexibility index (Phi) is 6.47. The van der Waals surface area contributed by atoms with Gasteiger partial charge in [-0.2, -0.15) is 0 Å².